The number of methoxy groups -OCH3 is 1. The molecule has 6 nitrogen and oxygen atoms in total. The van der Waals surface area contributed by atoms with Crippen molar-refractivity contribution in [2.75, 3.05) is 26.1 Å². The normalized spacial score (nSPS) is 26.8. The fraction of sp³-hybridized carbons (Fsp3) is 0.450. The van der Waals surface area contributed by atoms with Crippen LogP contribution in [-0.4, -0.2) is 47.5 Å². The molecule has 0 aromatic carbocycles. The molecular formula is C20H21FN4O2S. The third-order valence-electron chi connectivity index (χ3n) is 5.93. The van der Waals surface area contributed by atoms with Crippen molar-refractivity contribution in [2.45, 2.75) is 31.0 Å². The molecule has 0 N–H and O–H groups in total. The summed E-state index contributed by atoms with van der Waals surface area (Å²) in [5.41, 5.74) is 0.849. The molecule has 0 bridgehead atoms. The van der Waals surface area contributed by atoms with E-state index in [1.807, 2.05) is 31.1 Å². The molecule has 3 unspecified atom stereocenters. The molecule has 0 aliphatic heterocycles. The second-order valence-corrected chi connectivity index (χ2v) is 8.83. The summed E-state index contributed by atoms with van der Waals surface area (Å²) in [5.74, 6) is -0.0881. The molecule has 3 heterocycles. The predicted octanol–water partition coefficient (Wildman–Crippen LogP) is 3.45. The maximum Gasteiger partial charge on any atom is 0.275 e. The number of ether oxygens (including phenoxy) is 1. The van der Waals surface area contributed by atoms with Crippen LogP contribution in [0.2, 0.25) is 0 Å². The van der Waals surface area contributed by atoms with E-state index in [1.165, 1.54) is 22.2 Å². The van der Waals surface area contributed by atoms with Crippen LogP contribution in [-0.2, 0) is 4.74 Å². The number of aromatic nitrogens is 3. The molecule has 3 atom stereocenters. The lowest BCUT2D eigenvalue weighted by atomic mass is 10.1. The van der Waals surface area contributed by atoms with Crippen LogP contribution in [0.5, 0.6) is 0 Å². The maximum absolute atomic E-state index is 15.1. The Hall–Kier alpha value is -2.32. The van der Waals surface area contributed by atoms with Crippen LogP contribution in [0.3, 0.4) is 0 Å². The Kier molecular flexibility index (Phi) is 3.86. The molecule has 0 spiro atoms. The average molecular weight is 400 g/mol. The van der Waals surface area contributed by atoms with Gasteiger partial charge in [-0.1, -0.05) is 6.08 Å². The first-order valence-corrected chi connectivity index (χ1v) is 10.1. The van der Waals surface area contributed by atoms with E-state index in [2.05, 4.69) is 9.97 Å². The number of anilines is 1. The van der Waals surface area contributed by atoms with Crippen molar-refractivity contribution < 1.29 is 9.13 Å². The van der Waals surface area contributed by atoms with Gasteiger partial charge in [0.25, 0.3) is 5.56 Å². The molecule has 0 saturated heterocycles. The number of thiophene rings is 1. The van der Waals surface area contributed by atoms with Crippen molar-refractivity contribution in [1.29, 1.82) is 0 Å². The van der Waals surface area contributed by atoms with Gasteiger partial charge in [0.05, 0.1) is 22.7 Å². The Bertz CT molecular complexity index is 1180. The zero-order valence-electron chi connectivity index (χ0n) is 16.0. The minimum Gasteiger partial charge on any atom is -0.381 e. The molecule has 0 radical (unpaired) electrons. The maximum atomic E-state index is 15.1. The van der Waals surface area contributed by atoms with Crippen LogP contribution in [0.4, 0.5) is 10.1 Å². The second-order valence-electron chi connectivity index (χ2n) is 7.83. The van der Waals surface area contributed by atoms with E-state index in [-0.39, 0.29) is 24.0 Å². The zero-order valence-corrected chi connectivity index (χ0v) is 16.8. The highest BCUT2D eigenvalue weighted by molar-refractivity contribution is 7.25. The number of nitrogens with zero attached hydrogens (tertiary/aromatic N) is 4. The Morgan fingerprint density at radius 1 is 1.39 bits per heavy atom. The predicted molar refractivity (Wildman–Crippen MR) is 110 cm³/mol. The second kappa shape index (κ2) is 6.09. The van der Waals surface area contributed by atoms with Gasteiger partial charge in [0, 0.05) is 45.4 Å². The summed E-state index contributed by atoms with van der Waals surface area (Å²) in [6.45, 7) is 0. The summed E-state index contributed by atoms with van der Waals surface area (Å²) in [7, 11) is 5.53. The summed E-state index contributed by atoms with van der Waals surface area (Å²) in [6.07, 6.45) is 6.38. The number of hydrogen-bond donors (Lipinski definition) is 0. The fourth-order valence-corrected chi connectivity index (χ4v) is 5.37. The molecule has 2 aliphatic rings. The molecule has 8 heteroatoms. The molecule has 3 aromatic heterocycles. The van der Waals surface area contributed by atoms with Gasteiger partial charge in [-0.2, -0.15) is 0 Å². The SMILES string of the molecule is COC1CC=C(n2cnc3c(sc4nccc(N(C)C)c43)c2=O)CC2(F)CC12. The number of halogens is 1. The lowest BCUT2D eigenvalue weighted by Crippen LogP contribution is -2.21. The van der Waals surface area contributed by atoms with Gasteiger partial charge < -0.3 is 9.64 Å². The zero-order chi connectivity index (χ0) is 19.6. The van der Waals surface area contributed by atoms with Gasteiger partial charge in [-0.15, -0.1) is 11.3 Å². The molecule has 146 valence electrons. The van der Waals surface area contributed by atoms with Crippen LogP contribution in [0.25, 0.3) is 26.1 Å². The van der Waals surface area contributed by atoms with Crippen molar-refractivity contribution in [3.63, 3.8) is 0 Å². The van der Waals surface area contributed by atoms with Gasteiger partial charge in [0.15, 0.2) is 0 Å². The molecule has 5 rings (SSSR count). The van der Waals surface area contributed by atoms with E-state index in [0.29, 0.717) is 28.8 Å². The van der Waals surface area contributed by atoms with Crippen LogP contribution in [0.1, 0.15) is 19.3 Å². The number of hydrogen-bond acceptors (Lipinski definition) is 6. The minimum absolute atomic E-state index is 0.0881. The molecule has 3 aromatic rings. The minimum atomic E-state index is -1.28. The third kappa shape index (κ3) is 2.51. The quantitative estimate of drug-likeness (QED) is 0.674. The van der Waals surface area contributed by atoms with Crippen molar-refractivity contribution in [3.8, 4) is 0 Å². The van der Waals surface area contributed by atoms with Gasteiger partial charge in [-0.05, 0) is 18.9 Å². The number of allylic oxidation sites excluding steroid dienone is 1. The lowest BCUT2D eigenvalue weighted by Gasteiger charge is -2.14. The molecule has 28 heavy (non-hydrogen) atoms. The van der Waals surface area contributed by atoms with Crippen molar-refractivity contribution in [3.05, 3.63) is 35.0 Å². The monoisotopic (exact) mass is 400 g/mol. The van der Waals surface area contributed by atoms with Crippen LogP contribution < -0.4 is 10.5 Å². The highest BCUT2D eigenvalue weighted by atomic mass is 32.1. The first-order valence-electron chi connectivity index (χ1n) is 9.30. The largest absolute Gasteiger partial charge is 0.381 e. The van der Waals surface area contributed by atoms with E-state index in [1.54, 1.807) is 13.3 Å². The Morgan fingerprint density at radius 3 is 2.96 bits per heavy atom. The third-order valence-corrected chi connectivity index (χ3v) is 7.00. The van der Waals surface area contributed by atoms with E-state index in [0.717, 1.165) is 15.9 Å². The topological polar surface area (TPSA) is 60.2 Å². The van der Waals surface area contributed by atoms with Crippen molar-refractivity contribution in [2.24, 2.45) is 5.92 Å². The van der Waals surface area contributed by atoms with E-state index in [9.17, 15) is 4.79 Å². The summed E-state index contributed by atoms with van der Waals surface area (Å²) in [4.78, 5) is 25.0. The Balaban J connectivity index is 1.67. The number of fused-ring (bicyclic) bond motifs is 4. The molecule has 1 fully saturated rings. The molecular weight excluding hydrogens is 379 g/mol. The van der Waals surface area contributed by atoms with E-state index in [4.69, 9.17) is 4.74 Å². The van der Waals surface area contributed by atoms with Gasteiger partial charge >= 0.3 is 0 Å². The number of rotatable bonds is 3. The van der Waals surface area contributed by atoms with Crippen LogP contribution in [0, 0.1) is 5.92 Å². The highest BCUT2D eigenvalue weighted by Gasteiger charge is 2.60. The molecule has 0 amide bonds. The first-order chi connectivity index (χ1) is 13.4. The summed E-state index contributed by atoms with van der Waals surface area (Å²) >= 11 is 1.34. The van der Waals surface area contributed by atoms with E-state index < -0.39 is 5.67 Å². The first kappa shape index (κ1) is 17.8. The Morgan fingerprint density at radius 2 is 2.21 bits per heavy atom. The highest BCUT2D eigenvalue weighted by Crippen LogP contribution is 2.56. The van der Waals surface area contributed by atoms with Gasteiger partial charge in [0.2, 0.25) is 0 Å². The molecule has 1 saturated carbocycles. The summed E-state index contributed by atoms with van der Waals surface area (Å²) in [5, 5.41) is 0.885. The summed E-state index contributed by atoms with van der Waals surface area (Å²) < 4.78 is 22.6. The molecule has 2 aliphatic carbocycles. The van der Waals surface area contributed by atoms with Gasteiger partial charge in [-0.3, -0.25) is 9.36 Å². The van der Waals surface area contributed by atoms with Crippen LogP contribution in [0.15, 0.2) is 29.5 Å². The average Bonchev–Trinajstić information content (AvgIpc) is 3.20. The van der Waals surface area contributed by atoms with Gasteiger partial charge in [-0.25, -0.2) is 14.4 Å². The van der Waals surface area contributed by atoms with Crippen molar-refractivity contribution in [1.82, 2.24) is 14.5 Å². The number of pyridine rings is 1. The smallest absolute Gasteiger partial charge is 0.275 e. The number of alkyl halides is 1. The van der Waals surface area contributed by atoms with E-state index >= 15 is 4.39 Å². The lowest BCUT2D eigenvalue weighted by molar-refractivity contribution is 0.0693. The van der Waals surface area contributed by atoms with Gasteiger partial charge in [0.1, 0.15) is 21.5 Å². The Labute approximate surface area is 165 Å². The van der Waals surface area contributed by atoms with Crippen molar-refractivity contribution >= 4 is 43.2 Å². The van der Waals surface area contributed by atoms with Crippen LogP contribution >= 0.6 is 11.3 Å². The standard InChI is InChI=1S/C20H21FN4O2S/c1-24(2)13-6-7-22-18-15(13)16-17(28-18)19(26)25(10-23-16)11-4-5-14(27-3)12-9-20(12,21)8-11/h4,6-7,10,12,14H,5,8-9H2,1-3H3. The summed E-state index contributed by atoms with van der Waals surface area (Å²) in [6, 6.07) is 1.92. The fourth-order valence-electron chi connectivity index (χ4n) is 4.32.